The summed E-state index contributed by atoms with van der Waals surface area (Å²) in [5.74, 6) is 2.55. The minimum Gasteiger partial charge on any atom is -0.0812 e. The van der Waals surface area contributed by atoms with Gasteiger partial charge in [-0.25, -0.2) is 0 Å². The molecule has 0 saturated carbocycles. The SMILES string of the molecule is CC1=CCC2=C(C1)[C@@H](C(C)C)CC[C@@H]2C. The number of allylic oxidation sites excluding steroid dienone is 4. The Kier molecular flexibility index (Phi) is 3.04. The highest BCUT2D eigenvalue weighted by molar-refractivity contribution is 5.33. The topological polar surface area (TPSA) is 0 Å². The van der Waals surface area contributed by atoms with Crippen molar-refractivity contribution < 1.29 is 0 Å². The summed E-state index contributed by atoms with van der Waals surface area (Å²) in [7, 11) is 0. The Morgan fingerprint density at radius 3 is 2.60 bits per heavy atom. The molecule has 0 aromatic heterocycles. The van der Waals surface area contributed by atoms with Crippen LogP contribution in [0.2, 0.25) is 0 Å². The van der Waals surface area contributed by atoms with Gasteiger partial charge in [0.2, 0.25) is 0 Å². The van der Waals surface area contributed by atoms with E-state index >= 15 is 0 Å². The number of hydrogen-bond acceptors (Lipinski definition) is 0. The average molecular weight is 204 g/mol. The summed E-state index contributed by atoms with van der Waals surface area (Å²) in [5.41, 5.74) is 5.18. The molecule has 0 heteroatoms. The van der Waals surface area contributed by atoms with Crippen molar-refractivity contribution in [1.29, 1.82) is 0 Å². The largest absolute Gasteiger partial charge is 0.0812 e. The molecule has 0 aliphatic heterocycles. The molecule has 0 bridgehead atoms. The predicted molar refractivity (Wildman–Crippen MR) is 66.7 cm³/mol. The summed E-state index contributed by atoms with van der Waals surface area (Å²) in [5, 5.41) is 0. The Labute approximate surface area is 94.5 Å². The zero-order valence-corrected chi connectivity index (χ0v) is 10.6. The first kappa shape index (κ1) is 11.0. The molecule has 0 aromatic carbocycles. The summed E-state index contributed by atoms with van der Waals surface area (Å²) < 4.78 is 0. The second-order valence-corrected chi connectivity index (χ2v) is 5.81. The summed E-state index contributed by atoms with van der Waals surface area (Å²) in [6.45, 7) is 9.48. The molecule has 0 fully saturated rings. The Hall–Kier alpha value is -0.520. The molecule has 2 aliphatic carbocycles. The van der Waals surface area contributed by atoms with Gasteiger partial charge in [-0.2, -0.15) is 0 Å². The first-order valence-electron chi connectivity index (χ1n) is 6.47. The van der Waals surface area contributed by atoms with E-state index in [1.54, 1.807) is 11.1 Å². The molecule has 0 nitrogen and oxygen atoms in total. The van der Waals surface area contributed by atoms with E-state index in [2.05, 4.69) is 33.8 Å². The highest BCUT2D eigenvalue weighted by Gasteiger charge is 2.30. The van der Waals surface area contributed by atoms with E-state index in [-0.39, 0.29) is 0 Å². The first-order chi connectivity index (χ1) is 7.09. The van der Waals surface area contributed by atoms with Crippen molar-refractivity contribution in [3.8, 4) is 0 Å². The fourth-order valence-electron chi connectivity index (χ4n) is 3.30. The highest BCUT2D eigenvalue weighted by Crippen LogP contribution is 2.44. The molecule has 0 radical (unpaired) electrons. The summed E-state index contributed by atoms with van der Waals surface area (Å²) >= 11 is 0. The molecule has 0 aromatic rings. The van der Waals surface area contributed by atoms with Gasteiger partial charge in [0.15, 0.2) is 0 Å². The zero-order valence-electron chi connectivity index (χ0n) is 10.6. The van der Waals surface area contributed by atoms with Crippen molar-refractivity contribution in [1.82, 2.24) is 0 Å². The van der Waals surface area contributed by atoms with Gasteiger partial charge in [0.25, 0.3) is 0 Å². The van der Waals surface area contributed by atoms with E-state index in [0.29, 0.717) is 0 Å². The fourth-order valence-corrected chi connectivity index (χ4v) is 3.30. The van der Waals surface area contributed by atoms with Crippen LogP contribution in [0.25, 0.3) is 0 Å². The molecule has 0 saturated heterocycles. The molecule has 0 N–H and O–H groups in total. The van der Waals surface area contributed by atoms with Crippen LogP contribution in [0.1, 0.15) is 53.4 Å². The minimum absolute atomic E-state index is 0.827. The third kappa shape index (κ3) is 2.04. The summed E-state index contributed by atoms with van der Waals surface area (Å²) in [6.07, 6.45) is 7.78. The summed E-state index contributed by atoms with van der Waals surface area (Å²) in [6, 6.07) is 0. The van der Waals surface area contributed by atoms with E-state index in [1.807, 2.05) is 5.57 Å². The van der Waals surface area contributed by atoms with E-state index in [9.17, 15) is 0 Å². The van der Waals surface area contributed by atoms with Gasteiger partial charge in [-0.1, -0.05) is 43.6 Å². The second-order valence-electron chi connectivity index (χ2n) is 5.81. The van der Waals surface area contributed by atoms with Gasteiger partial charge in [0.05, 0.1) is 0 Å². The van der Waals surface area contributed by atoms with E-state index < -0.39 is 0 Å². The highest BCUT2D eigenvalue weighted by atomic mass is 14.3. The van der Waals surface area contributed by atoms with Crippen molar-refractivity contribution in [3.05, 3.63) is 22.8 Å². The van der Waals surface area contributed by atoms with Crippen LogP contribution in [0.3, 0.4) is 0 Å². The van der Waals surface area contributed by atoms with Crippen molar-refractivity contribution in [3.63, 3.8) is 0 Å². The van der Waals surface area contributed by atoms with Crippen LogP contribution in [0.5, 0.6) is 0 Å². The third-order valence-electron chi connectivity index (χ3n) is 4.31. The smallest absolute Gasteiger partial charge is 0.0105 e. The van der Waals surface area contributed by atoms with Crippen molar-refractivity contribution >= 4 is 0 Å². The van der Waals surface area contributed by atoms with Gasteiger partial charge in [-0.3, -0.25) is 0 Å². The van der Waals surface area contributed by atoms with Crippen molar-refractivity contribution in [2.75, 3.05) is 0 Å². The quantitative estimate of drug-likeness (QED) is 0.542. The molecule has 0 unspecified atom stereocenters. The maximum absolute atomic E-state index is 2.44. The lowest BCUT2D eigenvalue weighted by atomic mass is 9.68. The number of rotatable bonds is 1. The van der Waals surface area contributed by atoms with Gasteiger partial charge in [0.1, 0.15) is 0 Å². The Morgan fingerprint density at radius 1 is 1.20 bits per heavy atom. The molecular formula is C15H24. The van der Waals surface area contributed by atoms with Gasteiger partial charge in [-0.15, -0.1) is 0 Å². The fraction of sp³-hybridized carbons (Fsp3) is 0.733. The Morgan fingerprint density at radius 2 is 1.93 bits per heavy atom. The standard InChI is InChI=1S/C15H24/c1-10(2)13-8-6-12(4)14-7-5-11(3)9-15(13)14/h5,10,12-13H,6-9H2,1-4H3/t12-,13+/m0/s1. The van der Waals surface area contributed by atoms with Crippen LogP contribution in [-0.4, -0.2) is 0 Å². The normalized spacial score (nSPS) is 31.7. The van der Waals surface area contributed by atoms with Crippen LogP contribution in [0, 0.1) is 17.8 Å². The van der Waals surface area contributed by atoms with Crippen molar-refractivity contribution in [2.45, 2.75) is 53.4 Å². The van der Waals surface area contributed by atoms with Crippen molar-refractivity contribution in [2.24, 2.45) is 17.8 Å². The molecule has 2 atom stereocenters. The van der Waals surface area contributed by atoms with Gasteiger partial charge in [-0.05, 0) is 50.4 Å². The summed E-state index contributed by atoms with van der Waals surface area (Å²) in [4.78, 5) is 0. The molecular weight excluding hydrogens is 180 g/mol. The molecule has 2 aliphatic rings. The van der Waals surface area contributed by atoms with Crippen LogP contribution >= 0.6 is 0 Å². The molecule has 0 heterocycles. The zero-order chi connectivity index (χ0) is 11.0. The second kappa shape index (κ2) is 4.15. The van der Waals surface area contributed by atoms with Gasteiger partial charge >= 0.3 is 0 Å². The molecule has 84 valence electrons. The molecule has 0 spiro atoms. The molecule has 0 amide bonds. The Balaban J connectivity index is 2.29. The van der Waals surface area contributed by atoms with Crippen LogP contribution in [0.15, 0.2) is 22.8 Å². The lowest BCUT2D eigenvalue weighted by Gasteiger charge is -2.37. The van der Waals surface area contributed by atoms with E-state index in [1.165, 1.54) is 25.7 Å². The van der Waals surface area contributed by atoms with Gasteiger partial charge < -0.3 is 0 Å². The third-order valence-corrected chi connectivity index (χ3v) is 4.31. The van der Waals surface area contributed by atoms with Gasteiger partial charge in [0, 0.05) is 0 Å². The van der Waals surface area contributed by atoms with E-state index in [0.717, 1.165) is 17.8 Å². The predicted octanol–water partition coefficient (Wildman–Crippen LogP) is 4.73. The maximum atomic E-state index is 2.44. The van der Waals surface area contributed by atoms with Crippen LogP contribution < -0.4 is 0 Å². The average Bonchev–Trinajstić information content (AvgIpc) is 2.17. The van der Waals surface area contributed by atoms with Crippen LogP contribution in [0.4, 0.5) is 0 Å². The van der Waals surface area contributed by atoms with Crippen LogP contribution in [-0.2, 0) is 0 Å². The Bertz CT molecular complexity index is 304. The lowest BCUT2D eigenvalue weighted by Crippen LogP contribution is -2.23. The monoisotopic (exact) mass is 204 g/mol. The number of hydrogen-bond donors (Lipinski definition) is 0. The maximum Gasteiger partial charge on any atom is -0.0105 e. The van der Waals surface area contributed by atoms with E-state index in [4.69, 9.17) is 0 Å². The lowest BCUT2D eigenvalue weighted by molar-refractivity contribution is 0.340. The molecule has 15 heavy (non-hydrogen) atoms. The molecule has 2 rings (SSSR count). The minimum atomic E-state index is 0.827. The first-order valence-corrected chi connectivity index (χ1v) is 6.47.